The fourth-order valence-corrected chi connectivity index (χ4v) is 2.66. The summed E-state index contributed by atoms with van der Waals surface area (Å²) in [5.74, 6) is 0.240. The Bertz CT molecular complexity index is 524. The zero-order valence-corrected chi connectivity index (χ0v) is 13.3. The molecular weight excluding hydrogens is 260 g/mol. The minimum atomic E-state index is -2.87. The number of nitrogens with zero attached hydrogens (tertiary/aromatic N) is 2. The van der Waals surface area contributed by atoms with Crippen molar-refractivity contribution in [3.8, 4) is 0 Å². The van der Waals surface area contributed by atoms with Gasteiger partial charge in [0, 0.05) is 45.3 Å². The van der Waals surface area contributed by atoms with Crippen LogP contribution >= 0.6 is 0 Å². The average molecular weight is 284 g/mol. The van der Waals surface area contributed by atoms with Gasteiger partial charge in [-0.25, -0.2) is 8.42 Å². The summed E-state index contributed by atoms with van der Waals surface area (Å²) >= 11 is 0. The Kier molecular flexibility index (Phi) is 5.23. The standard InChI is InChI=1S/C14H24N2O2S/c1-12-7-8-13(11-14(12)15(2)3)16(4)9-6-10-19(5,17)18/h7-8,11H,6,9-10H2,1-5H3. The lowest BCUT2D eigenvalue weighted by Gasteiger charge is -2.23. The maximum atomic E-state index is 11.1. The number of hydrogen-bond acceptors (Lipinski definition) is 4. The monoisotopic (exact) mass is 284 g/mol. The molecule has 4 nitrogen and oxygen atoms in total. The van der Waals surface area contributed by atoms with E-state index in [4.69, 9.17) is 0 Å². The Hall–Kier alpha value is -1.23. The van der Waals surface area contributed by atoms with E-state index in [1.807, 2.05) is 21.1 Å². The molecule has 0 spiro atoms. The van der Waals surface area contributed by atoms with Crippen LogP contribution in [0.3, 0.4) is 0 Å². The van der Waals surface area contributed by atoms with E-state index in [0.717, 1.165) is 12.2 Å². The topological polar surface area (TPSA) is 40.6 Å². The molecule has 0 saturated carbocycles. The van der Waals surface area contributed by atoms with Gasteiger partial charge in [0.05, 0.1) is 5.75 Å². The SMILES string of the molecule is Cc1ccc(N(C)CCCS(C)(=O)=O)cc1N(C)C. The first-order valence-electron chi connectivity index (χ1n) is 6.37. The molecule has 5 heteroatoms. The van der Waals surface area contributed by atoms with Crippen molar-refractivity contribution in [2.75, 3.05) is 49.5 Å². The van der Waals surface area contributed by atoms with Gasteiger partial charge < -0.3 is 9.80 Å². The summed E-state index contributed by atoms with van der Waals surface area (Å²) in [6, 6.07) is 6.30. The molecule has 108 valence electrons. The molecule has 0 atom stereocenters. The lowest BCUT2D eigenvalue weighted by Crippen LogP contribution is -2.21. The van der Waals surface area contributed by atoms with Gasteiger partial charge in [-0.15, -0.1) is 0 Å². The fraction of sp³-hybridized carbons (Fsp3) is 0.571. The highest BCUT2D eigenvalue weighted by Gasteiger charge is 2.07. The molecule has 0 bridgehead atoms. The lowest BCUT2D eigenvalue weighted by molar-refractivity contribution is 0.599. The normalized spacial score (nSPS) is 11.4. The molecule has 0 unspecified atom stereocenters. The van der Waals surface area contributed by atoms with E-state index < -0.39 is 9.84 Å². The lowest BCUT2D eigenvalue weighted by atomic mass is 10.1. The van der Waals surface area contributed by atoms with E-state index in [1.165, 1.54) is 17.5 Å². The molecule has 1 aromatic rings. The quantitative estimate of drug-likeness (QED) is 0.800. The molecule has 19 heavy (non-hydrogen) atoms. The summed E-state index contributed by atoms with van der Waals surface area (Å²) in [6.07, 6.45) is 1.93. The van der Waals surface area contributed by atoms with Crippen LogP contribution in [0.2, 0.25) is 0 Å². The Labute approximate surface area is 116 Å². The molecule has 0 heterocycles. The van der Waals surface area contributed by atoms with E-state index in [-0.39, 0.29) is 5.75 Å². The second-order valence-corrected chi connectivity index (χ2v) is 7.53. The van der Waals surface area contributed by atoms with Crippen molar-refractivity contribution < 1.29 is 8.42 Å². The first-order chi connectivity index (χ1) is 8.70. The highest BCUT2D eigenvalue weighted by atomic mass is 32.2. The molecule has 1 aromatic carbocycles. The second kappa shape index (κ2) is 6.28. The van der Waals surface area contributed by atoms with Crippen molar-refractivity contribution in [2.24, 2.45) is 0 Å². The smallest absolute Gasteiger partial charge is 0.147 e. The third-order valence-electron chi connectivity index (χ3n) is 3.12. The molecule has 0 aliphatic rings. The molecule has 0 saturated heterocycles. The Morgan fingerprint density at radius 2 is 1.79 bits per heavy atom. The summed E-state index contributed by atoms with van der Waals surface area (Å²) in [7, 11) is 3.17. The summed E-state index contributed by atoms with van der Waals surface area (Å²) in [6.45, 7) is 2.83. The van der Waals surface area contributed by atoms with Crippen LogP contribution in [0.1, 0.15) is 12.0 Å². The fourth-order valence-electron chi connectivity index (χ4n) is 2.01. The first kappa shape index (κ1) is 15.8. The second-order valence-electron chi connectivity index (χ2n) is 5.27. The van der Waals surface area contributed by atoms with E-state index in [0.29, 0.717) is 6.42 Å². The van der Waals surface area contributed by atoms with Crippen LogP contribution in [0.15, 0.2) is 18.2 Å². The molecule has 0 aliphatic carbocycles. The van der Waals surface area contributed by atoms with Crippen molar-refractivity contribution in [1.82, 2.24) is 0 Å². The summed E-state index contributed by atoms with van der Waals surface area (Å²) in [4.78, 5) is 4.18. The van der Waals surface area contributed by atoms with Gasteiger partial charge >= 0.3 is 0 Å². The number of hydrogen-bond donors (Lipinski definition) is 0. The van der Waals surface area contributed by atoms with E-state index in [9.17, 15) is 8.42 Å². The van der Waals surface area contributed by atoms with Crippen molar-refractivity contribution >= 4 is 21.2 Å². The number of anilines is 2. The van der Waals surface area contributed by atoms with Crippen molar-refractivity contribution in [3.63, 3.8) is 0 Å². The molecule has 1 rings (SSSR count). The van der Waals surface area contributed by atoms with E-state index in [1.54, 1.807) is 0 Å². The molecule has 0 amide bonds. The van der Waals surface area contributed by atoms with Gasteiger partial charge in [0.15, 0.2) is 0 Å². The maximum absolute atomic E-state index is 11.1. The van der Waals surface area contributed by atoms with Crippen molar-refractivity contribution in [1.29, 1.82) is 0 Å². The van der Waals surface area contributed by atoms with Gasteiger partial charge in [-0.05, 0) is 31.0 Å². The van der Waals surface area contributed by atoms with Gasteiger partial charge in [0.1, 0.15) is 9.84 Å². The summed E-state index contributed by atoms with van der Waals surface area (Å²) in [5, 5.41) is 0. The van der Waals surface area contributed by atoms with Crippen molar-refractivity contribution in [2.45, 2.75) is 13.3 Å². The predicted molar refractivity (Wildman–Crippen MR) is 83.1 cm³/mol. The third kappa shape index (κ3) is 5.11. The molecule has 0 aliphatic heterocycles. The third-order valence-corrected chi connectivity index (χ3v) is 4.15. The van der Waals surface area contributed by atoms with E-state index in [2.05, 4.69) is 34.9 Å². The molecule has 0 radical (unpaired) electrons. The minimum absolute atomic E-state index is 0.240. The number of aryl methyl sites for hydroxylation is 1. The van der Waals surface area contributed by atoms with Crippen LogP contribution in [0.4, 0.5) is 11.4 Å². The van der Waals surface area contributed by atoms with Crippen LogP contribution in [0.25, 0.3) is 0 Å². The molecular formula is C14H24N2O2S. The molecule has 0 aromatic heterocycles. The van der Waals surface area contributed by atoms with Crippen LogP contribution in [-0.4, -0.2) is 48.1 Å². The van der Waals surface area contributed by atoms with Crippen LogP contribution in [-0.2, 0) is 9.84 Å². The number of sulfone groups is 1. The largest absolute Gasteiger partial charge is 0.377 e. The van der Waals surface area contributed by atoms with Gasteiger partial charge in [-0.2, -0.15) is 0 Å². The first-order valence-corrected chi connectivity index (χ1v) is 8.43. The Balaban J connectivity index is 2.72. The van der Waals surface area contributed by atoms with E-state index >= 15 is 0 Å². The van der Waals surface area contributed by atoms with Gasteiger partial charge in [0.2, 0.25) is 0 Å². The highest BCUT2D eigenvalue weighted by molar-refractivity contribution is 7.90. The highest BCUT2D eigenvalue weighted by Crippen LogP contribution is 2.24. The average Bonchev–Trinajstić information content (AvgIpc) is 2.27. The van der Waals surface area contributed by atoms with Gasteiger partial charge in [-0.1, -0.05) is 6.07 Å². The van der Waals surface area contributed by atoms with Crippen LogP contribution < -0.4 is 9.80 Å². The van der Waals surface area contributed by atoms with Gasteiger partial charge in [-0.3, -0.25) is 0 Å². The zero-order chi connectivity index (χ0) is 14.6. The summed E-state index contributed by atoms with van der Waals surface area (Å²) < 4.78 is 22.2. The Morgan fingerprint density at radius 1 is 1.16 bits per heavy atom. The Morgan fingerprint density at radius 3 is 2.32 bits per heavy atom. The predicted octanol–water partition coefficient (Wildman–Crippen LogP) is 1.93. The van der Waals surface area contributed by atoms with Crippen LogP contribution in [0.5, 0.6) is 0 Å². The number of rotatable bonds is 6. The van der Waals surface area contributed by atoms with Crippen LogP contribution in [0, 0.1) is 6.92 Å². The van der Waals surface area contributed by atoms with Gasteiger partial charge in [0.25, 0.3) is 0 Å². The molecule has 0 N–H and O–H groups in total. The minimum Gasteiger partial charge on any atom is -0.377 e. The number of benzene rings is 1. The summed E-state index contributed by atoms with van der Waals surface area (Å²) in [5.41, 5.74) is 3.54. The van der Waals surface area contributed by atoms with Crippen molar-refractivity contribution in [3.05, 3.63) is 23.8 Å². The molecule has 0 fully saturated rings. The zero-order valence-electron chi connectivity index (χ0n) is 12.5. The maximum Gasteiger partial charge on any atom is 0.147 e.